The zero-order valence-corrected chi connectivity index (χ0v) is 10.6. The van der Waals surface area contributed by atoms with Gasteiger partial charge < -0.3 is 0 Å². The van der Waals surface area contributed by atoms with Crippen molar-refractivity contribution in [1.29, 1.82) is 0 Å². The van der Waals surface area contributed by atoms with Crippen molar-refractivity contribution < 1.29 is 8.42 Å². The minimum Gasteiger partial charge on any atom is -0.271 e. The van der Waals surface area contributed by atoms with E-state index >= 15 is 0 Å². The molecule has 1 aromatic carbocycles. The molecule has 1 aromatic rings. The molecule has 5 heteroatoms. The van der Waals surface area contributed by atoms with Crippen LogP contribution in [0.15, 0.2) is 12.1 Å². The number of hydrogen-bond donors (Lipinski definition) is 1. The van der Waals surface area contributed by atoms with Gasteiger partial charge in [0.2, 0.25) is 0 Å². The molecular formula is C11H16N2O2S. The summed E-state index contributed by atoms with van der Waals surface area (Å²) in [5, 5.41) is 0. The summed E-state index contributed by atoms with van der Waals surface area (Å²) >= 11 is 0. The molecule has 0 unspecified atom stereocenters. The highest BCUT2D eigenvalue weighted by molar-refractivity contribution is 7.90. The van der Waals surface area contributed by atoms with Crippen molar-refractivity contribution in [3.8, 4) is 0 Å². The monoisotopic (exact) mass is 240 g/mol. The minimum absolute atomic E-state index is 0.624. The molecule has 16 heavy (non-hydrogen) atoms. The predicted molar refractivity (Wildman–Crippen MR) is 64.8 cm³/mol. The molecule has 2 rings (SSSR count). The smallest absolute Gasteiger partial charge is 0.271 e. The van der Waals surface area contributed by atoms with Gasteiger partial charge in [-0.3, -0.25) is 4.72 Å². The molecular weight excluding hydrogens is 224 g/mol. The Morgan fingerprint density at radius 2 is 1.75 bits per heavy atom. The Morgan fingerprint density at radius 3 is 2.31 bits per heavy atom. The van der Waals surface area contributed by atoms with Crippen molar-refractivity contribution in [2.24, 2.45) is 0 Å². The Labute approximate surface area is 96.5 Å². The molecule has 1 heterocycles. The average molecular weight is 240 g/mol. The van der Waals surface area contributed by atoms with Crippen molar-refractivity contribution in [2.75, 3.05) is 17.8 Å². The Hall–Kier alpha value is -1.07. The first-order chi connectivity index (χ1) is 7.42. The maximum Gasteiger partial charge on any atom is 0.301 e. The lowest BCUT2D eigenvalue weighted by atomic mass is 10.0. The second-order valence-electron chi connectivity index (χ2n) is 4.19. The highest BCUT2D eigenvalue weighted by atomic mass is 32.2. The van der Waals surface area contributed by atoms with Crippen molar-refractivity contribution in [3.63, 3.8) is 0 Å². The number of nitrogens with one attached hydrogen (secondary N) is 1. The molecule has 0 aliphatic carbocycles. The van der Waals surface area contributed by atoms with E-state index < -0.39 is 10.2 Å². The van der Waals surface area contributed by atoms with Crippen LogP contribution in [0.5, 0.6) is 0 Å². The average Bonchev–Trinajstić information content (AvgIpc) is 3.02. The van der Waals surface area contributed by atoms with Gasteiger partial charge in [0.25, 0.3) is 0 Å². The quantitative estimate of drug-likeness (QED) is 0.816. The van der Waals surface area contributed by atoms with Crippen molar-refractivity contribution >= 4 is 15.9 Å². The Bertz CT molecular complexity index is 519. The van der Waals surface area contributed by atoms with Gasteiger partial charge in [-0.25, -0.2) is 0 Å². The van der Waals surface area contributed by atoms with E-state index in [4.69, 9.17) is 0 Å². The fourth-order valence-corrected chi connectivity index (χ4v) is 2.74. The van der Waals surface area contributed by atoms with Crippen LogP contribution in [0.25, 0.3) is 0 Å². The third-order valence-corrected chi connectivity index (χ3v) is 4.57. The van der Waals surface area contributed by atoms with Crippen molar-refractivity contribution in [1.82, 2.24) is 4.31 Å². The van der Waals surface area contributed by atoms with Crippen LogP contribution >= 0.6 is 0 Å². The first kappa shape index (κ1) is 11.4. The summed E-state index contributed by atoms with van der Waals surface area (Å²) in [6.45, 7) is 7.20. The summed E-state index contributed by atoms with van der Waals surface area (Å²) in [6, 6.07) is 3.75. The van der Waals surface area contributed by atoms with Gasteiger partial charge in [0, 0.05) is 13.1 Å². The lowest BCUT2D eigenvalue weighted by Gasteiger charge is -2.13. The van der Waals surface area contributed by atoms with E-state index in [1.165, 1.54) is 9.87 Å². The molecule has 0 amide bonds. The normalized spacial score (nSPS) is 16.2. The van der Waals surface area contributed by atoms with Gasteiger partial charge in [-0.2, -0.15) is 12.7 Å². The standard InChI is InChI=1S/C11H16N2O2S/c1-8-4-5-11(10(3)9(8)2)12-16(14,15)13-6-7-13/h4-5,12H,6-7H2,1-3H3. The molecule has 4 nitrogen and oxygen atoms in total. The predicted octanol–water partition coefficient (Wildman–Crippen LogP) is 1.58. The fraction of sp³-hybridized carbons (Fsp3) is 0.455. The molecule has 1 fully saturated rings. The summed E-state index contributed by atoms with van der Waals surface area (Å²) in [5.41, 5.74) is 3.97. The van der Waals surface area contributed by atoms with Gasteiger partial charge >= 0.3 is 10.2 Å². The van der Waals surface area contributed by atoms with E-state index in [1.54, 1.807) is 0 Å². The van der Waals surface area contributed by atoms with Gasteiger partial charge in [0.1, 0.15) is 0 Å². The van der Waals surface area contributed by atoms with E-state index in [0.717, 1.165) is 11.1 Å². The second kappa shape index (κ2) is 3.75. The van der Waals surface area contributed by atoms with Crippen LogP contribution in [-0.4, -0.2) is 25.8 Å². The summed E-state index contributed by atoms with van der Waals surface area (Å²) < 4.78 is 27.5. The lowest BCUT2D eigenvalue weighted by molar-refractivity contribution is 0.569. The maximum absolute atomic E-state index is 11.7. The molecule has 0 saturated carbocycles. The number of anilines is 1. The molecule has 0 bridgehead atoms. The third kappa shape index (κ3) is 2.05. The molecule has 0 atom stereocenters. The topological polar surface area (TPSA) is 49.2 Å². The van der Waals surface area contributed by atoms with Crippen molar-refractivity contribution in [3.05, 3.63) is 28.8 Å². The number of benzene rings is 1. The van der Waals surface area contributed by atoms with E-state index in [2.05, 4.69) is 4.72 Å². The second-order valence-corrected chi connectivity index (χ2v) is 5.86. The Balaban J connectivity index is 2.32. The molecule has 1 saturated heterocycles. The van der Waals surface area contributed by atoms with E-state index in [0.29, 0.717) is 18.8 Å². The zero-order chi connectivity index (χ0) is 11.9. The van der Waals surface area contributed by atoms with Crippen LogP contribution in [0.4, 0.5) is 5.69 Å². The van der Waals surface area contributed by atoms with Gasteiger partial charge in [-0.05, 0) is 43.5 Å². The van der Waals surface area contributed by atoms with Crippen LogP contribution < -0.4 is 4.72 Å². The molecule has 1 N–H and O–H groups in total. The summed E-state index contributed by atoms with van der Waals surface area (Å²) in [7, 11) is -3.31. The van der Waals surface area contributed by atoms with E-state index in [9.17, 15) is 8.42 Å². The largest absolute Gasteiger partial charge is 0.301 e. The Morgan fingerprint density at radius 1 is 1.12 bits per heavy atom. The highest BCUT2D eigenvalue weighted by Gasteiger charge is 2.31. The lowest BCUT2D eigenvalue weighted by Crippen LogP contribution is -2.21. The zero-order valence-electron chi connectivity index (χ0n) is 9.74. The fourth-order valence-electron chi connectivity index (χ4n) is 1.55. The SMILES string of the molecule is Cc1ccc(NS(=O)(=O)N2CC2)c(C)c1C. The van der Waals surface area contributed by atoms with Crippen LogP contribution in [0, 0.1) is 20.8 Å². The van der Waals surface area contributed by atoms with Crippen LogP contribution in [-0.2, 0) is 10.2 Å². The highest BCUT2D eigenvalue weighted by Crippen LogP contribution is 2.24. The maximum atomic E-state index is 11.7. The van der Waals surface area contributed by atoms with E-state index in [-0.39, 0.29) is 0 Å². The molecule has 1 aliphatic rings. The van der Waals surface area contributed by atoms with Crippen LogP contribution in [0.3, 0.4) is 0 Å². The van der Waals surface area contributed by atoms with Gasteiger partial charge in [0.05, 0.1) is 5.69 Å². The number of hydrogen-bond acceptors (Lipinski definition) is 2. The van der Waals surface area contributed by atoms with Gasteiger partial charge in [-0.1, -0.05) is 6.07 Å². The van der Waals surface area contributed by atoms with Gasteiger partial charge in [0.15, 0.2) is 0 Å². The number of rotatable bonds is 3. The summed E-state index contributed by atoms with van der Waals surface area (Å²) in [6.07, 6.45) is 0. The van der Waals surface area contributed by atoms with Gasteiger partial charge in [-0.15, -0.1) is 0 Å². The summed E-state index contributed by atoms with van der Waals surface area (Å²) in [5.74, 6) is 0. The molecule has 1 aliphatic heterocycles. The molecule has 0 radical (unpaired) electrons. The molecule has 0 spiro atoms. The minimum atomic E-state index is -3.31. The Kier molecular flexibility index (Phi) is 2.67. The number of aryl methyl sites for hydroxylation is 1. The van der Waals surface area contributed by atoms with Crippen molar-refractivity contribution in [2.45, 2.75) is 20.8 Å². The molecule has 88 valence electrons. The first-order valence-corrected chi connectivity index (χ1v) is 6.70. The van der Waals surface area contributed by atoms with E-state index in [1.807, 2.05) is 32.9 Å². The van der Waals surface area contributed by atoms with Crippen LogP contribution in [0.1, 0.15) is 16.7 Å². The number of nitrogens with zero attached hydrogens (tertiary/aromatic N) is 1. The third-order valence-electron chi connectivity index (χ3n) is 3.04. The first-order valence-electron chi connectivity index (χ1n) is 5.26. The molecule has 0 aromatic heterocycles. The van der Waals surface area contributed by atoms with Crippen LogP contribution in [0.2, 0.25) is 0 Å². The summed E-state index contributed by atoms with van der Waals surface area (Å²) in [4.78, 5) is 0.